The summed E-state index contributed by atoms with van der Waals surface area (Å²) in [6.45, 7) is 4.77. The highest BCUT2D eigenvalue weighted by molar-refractivity contribution is 6.08. The van der Waals surface area contributed by atoms with Crippen molar-refractivity contribution in [1.29, 1.82) is 0 Å². The van der Waals surface area contributed by atoms with Crippen molar-refractivity contribution in [3.63, 3.8) is 0 Å². The standard InChI is InChI=1S/C47H35N/c1-47(2)44-27-25-37(33-16-7-4-8-17-33)30-42(44)43-31-45(40-22-11-12-23-41(40)46(43)47)48(39-26-24-34-18-9-10-19-35(34)29-39)38-21-13-20-36(28-38)32-14-5-3-6-15-32/h3-31H,1-2H3. The zero-order valence-corrected chi connectivity index (χ0v) is 27.2. The highest BCUT2D eigenvalue weighted by Gasteiger charge is 2.38. The average molecular weight is 614 g/mol. The van der Waals surface area contributed by atoms with Crippen LogP contribution in [0.5, 0.6) is 0 Å². The fourth-order valence-electron chi connectivity index (χ4n) is 7.88. The van der Waals surface area contributed by atoms with Crippen molar-refractivity contribution < 1.29 is 0 Å². The Labute approximate surface area is 282 Å². The highest BCUT2D eigenvalue weighted by atomic mass is 15.1. The molecule has 0 unspecified atom stereocenters. The molecule has 48 heavy (non-hydrogen) atoms. The van der Waals surface area contributed by atoms with Gasteiger partial charge in [-0.2, -0.15) is 0 Å². The first-order chi connectivity index (χ1) is 23.6. The molecule has 1 aliphatic rings. The predicted octanol–water partition coefficient (Wildman–Crippen LogP) is 13.1. The zero-order chi connectivity index (χ0) is 32.2. The molecule has 0 aliphatic heterocycles. The summed E-state index contributed by atoms with van der Waals surface area (Å²) in [6, 6.07) is 64.4. The molecule has 9 rings (SSSR count). The second-order valence-corrected chi connectivity index (χ2v) is 13.4. The molecule has 0 radical (unpaired) electrons. The molecular weight excluding hydrogens is 579 g/mol. The van der Waals surface area contributed by atoms with Gasteiger partial charge < -0.3 is 4.90 Å². The van der Waals surface area contributed by atoms with Gasteiger partial charge in [0.15, 0.2) is 0 Å². The molecule has 0 heterocycles. The Morgan fingerprint density at radius 2 is 1.00 bits per heavy atom. The van der Waals surface area contributed by atoms with E-state index in [1.54, 1.807) is 0 Å². The molecular formula is C47H35N. The lowest BCUT2D eigenvalue weighted by molar-refractivity contribution is 0.666. The van der Waals surface area contributed by atoms with Crippen molar-refractivity contribution in [2.45, 2.75) is 19.3 Å². The number of nitrogens with zero attached hydrogens (tertiary/aromatic N) is 1. The maximum Gasteiger partial charge on any atom is 0.0546 e. The number of hydrogen-bond donors (Lipinski definition) is 0. The van der Waals surface area contributed by atoms with Crippen LogP contribution < -0.4 is 4.90 Å². The number of hydrogen-bond acceptors (Lipinski definition) is 1. The quantitative estimate of drug-likeness (QED) is 0.187. The van der Waals surface area contributed by atoms with Crippen LogP contribution in [0.15, 0.2) is 176 Å². The Balaban J connectivity index is 1.33. The van der Waals surface area contributed by atoms with Crippen LogP contribution >= 0.6 is 0 Å². The Morgan fingerprint density at radius 3 is 1.75 bits per heavy atom. The Hall–Kier alpha value is -5.92. The van der Waals surface area contributed by atoms with Gasteiger partial charge in [0.25, 0.3) is 0 Å². The van der Waals surface area contributed by atoms with Gasteiger partial charge in [-0.05, 0) is 97.1 Å². The summed E-state index contributed by atoms with van der Waals surface area (Å²) < 4.78 is 0. The number of rotatable bonds is 5. The van der Waals surface area contributed by atoms with Crippen LogP contribution in [0.1, 0.15) is 25.0 Å². The smallest absolute Gasteiger partial charge is 0.0546 e. The molecule has 0 saturated heterocycles. The van der Waals surface area contributed by atoms with E-state index >= 15 is 0 Å². The fourth-order valence-corrected chi connectivity index (χ4v) is 7.88. The molecule has 228 valence electrons. The van der Waals surface area contributed by atoms with E-state index in [4.69, 9.17) is 0 Å². The summed E-state index contributed by atoms with van der Waals surface area (Å²) in [6.07, 6.45) is 0. The zero-order valence-electron chi connectivity index (χ0n) is 27.2. The lowest BCUT2D eigenvalue weighted by atomic mass is 9.79. The second-order valence-electron chi connectivity index (χ2n) is 13.4. The van der Waals surface area contributed by atoms with Crippen molar-refractivity contribution >= 4 is 38.6 Å². The minimum Gasteiger partial charge on any atom is -0.310 e. The van der Waals surface area contributed by atoms with E-state index in [0.29, 0.717) is 0 Å². The van der Waals surface area contributed by atoms with Gasteiger partial charge in [-0.1, -0.05) is 153 Å². The predicted molar refractivity (Wildman–Crippen MR) is 205 cm³/mol. The van der Waals surface area contributed by atoms with Crippen LogP contribution in [0.3, 0.4) is 0 Å². The Morgan fingerprint density at radius 1 is 0.396 bits per heavy atom. The van der Waals surface area contributed by atoms with Crippen LogP contribution in [-0.2, 0) is 5.41 Å². The monoisotopic (exact) mass is 613 g/mol. The van der Waals surface area contributed by atoms with Crippen LogP contribution in [-0.4, -0.2) is 0 Å². The van der Waals surface area contributed by atoms with Crippen molar-refractivity contribution in [2.24, 2.45) is 0 Å². The molecule has 8 aromatic carbocycles. The molecule has 0 saturated carbocycles. The minimum absolute atomic E-state index is 0.140. The van der Waals surface area contributed by atoms with E-state index < -0.39 is 0 Å². The molecule has 0 amide bonds. The van der Waals surface area contributed by atoms with Gasteiger partial charge in [0.05, 0.1) is 5.69 Å². The first kappa shape index (κ1) is 28.3. The van der Waals surface area contributed by atoms with E-state index in [1.807, 2.05) is 0 Å². The third-order valence-corrected chi connectivity index (χ3v) is 10.2. The summed E-state index contributed by atoms with van der Waals surface area (Å²) in [5.41, 5.74) is 13.6. The number of anilines is 3. The minimum atomic E-state index is -0.140. The number of fused-ring (bicyclic) bond motifs is 6. The van der Waals surface area contributed by atoms with Crippen LogP contribution in [0.2, 0.25) is 0 Å². The molecule has 0 bridgehead atoms. The SMILES string of the molecule is CC1(C)c2ccc(-c3ccccc3)cc2-c2cc(N(c3cccc(-c4ccccc4)c3)c3ccc4ccccc4c3)c3ccccc3c21. The molecule has 0 fully saturated rings. The normalized spacial score (nSPS) is 13.0. The van der Waals surface area contributed by atoms with E-state index in [1.165, 1.54) is 71.7 Å². The van der Waals surface area contributed by atoms with E-state index in [2.05, 4.69) is 195 Å². The summed E-state index contributed by atoms with van der Waals surface area (Å²) in [5, 5.41) is 5.02. The summed E-state index contributed by atoms with van der Waals surface area (Å²) in [7, 11) is 0. The largest absolute Gasteiger partial charge is 0.310 e. The molecule has 1 aliphatic carbocycles. The molecule has 0 atom stereocenters. The van der Waals surface area contributed by atoms with Crippen LogP contribution in [0.4, 0.5) is 17.1 Å². The van der Waals surface area contributed by atoms with Crippen LogP contribution in [0, 0.1) is 0 Å². The van der Waals surface area contributed by atoms with Gasteiger partial charge in [-0.15, -0.1) is 0 Å². The molecule has 1 nitrogen and oxygen atoms in total. The van der Waals surface area contributed by atoms with Crippen molar-refractivity contribution in [2.75, 3.05) is 4.90 Å². The molecule has 0 N–H and O–H groups in total. The van der Waals surface area contributed by atoms with Gasteiger partial charge in [-0.25, -0.2) is 0 Å². The van der Waals surface area contributed by atoms with Crippen molar-refractivity contribution in [3.05, 3.63) is 187 Å². The number of benzene rings is 8. The summed E-state index contributed by atoms with van der Waals surface area (Å²) in [5.74, 6) is 0. The van der Waals surface area contributed by atoms with Gasteiger partial charge in [0.2, 0.25) is 0 Å². The third-order valence-electron chi connectivity index (χ3n) is 10.2. The molecule has 1 heteroatoms. The Kier molecular flexibility index (Phi) is 6.55. The van der Waals surface area contributed by atoms with Gasteiger partial charge >= 0.3 is 0 Å². The first-order valence-corrected chi connectivity index (χ1v) is 16.8. The molecule has 0 spiro atoms. The van der Waals surface area contributed by atoms with Gasteiger partial charge in [0, 0.05) is 22.2 Å². The van der Waals surface area contributed by atoms with Gasteiger partial charge in [-0.3, -0.25) is 0 Å². The Bertz CT molecular complexity index is 2470. The van der Waals surface area contributed by atoms with Crippen LogP contribution in [0.25, 0.3) is 54.9 Å². The van der Waals surface area contributed by atoms with E-state index in [-0.39, 0.29) is 5.41 Å². The van der Waals surface area contributed by atoms with E-state index in [0.717, 1.165) is 11.4 Å². The van der Waals surface area contributed by atoms with Crippen molar-refractivity contribution in [1.82, 2.24) is 0 Å². The lowest BCUT2D eigenvalue weighted by Crippen LogP contribution is -2.16. The lowest BCUT2D eigenvalue weighted by Gasteiger charge is -2.30. The first-order valence-electron chi connectivity index (χ1n) is 16.8. The molecule has 0 aromatic heterocycles. The van der Waals surface area contributed by atoms with Crippen molar-refractivity contribution in [3.8, 4) is 33.4 Å². The second kappa shape index (κ2) is 11.1. The van der Waals surface area contributed by atoms with Gasteiger partial charge in [0.1, 0.15) is 0 Å². The maximum atomic E-state index is 2.47. The summed E-state index contributed by atoms with van der Waals surface area (Å²) in [4.78, 5) is 2.47. The maximum absolute atomic E-state index is 2.47. The molecule has 8 aromatic rings. The average Bonchev–Trinajstić information content (AvgIpc) is 3.38. The fraction of sp³-hybridized carbons (Fsp3) is 0.0638. The highest BCUT2D eigenvalue weighted by Crippen LogP contribution is 2.55. The van der Waals surface area contributed by atoms with E-state index in [9.17, 15) is 0 Å². The summed E-state index contributed by atoms with van der Waals surface area (Å²) >= 11 is 0. The topological polar surface area (TPSA) is 3.24 Å². The third kappa shape index (κ3) is 4.54.